The molecule has 164 valence electrons. The summed E-state index contributed by atoms with van der Waals surface area (Å²) in [6.45, 7) is 1.32. The van der Waals surface area contributed by atoms with Crippen molar-refractivity contribution in [2.24, 2.45) is 11.7 Å². The predicted molar refractivity (Wildman–Crippen MR) is 117 cm³/mol. The van der Waals surface area contributed by atoms with Gasteiger partial charge in [0.05, 0.1) is 28.4 Å². The number of aromatic nitrogens is 3. The van der Waals surface area contributed by atoms with Gasteiger partial charge in [0.25, 0.3) is 11.6 Å². The third-order valence-corrected chi connectivity index (χ3v) is 5.28. The van der Waals surface area contributed by atoms with Gasteiger partial charge < -0.3 is 16.0 Å². The van der Waals surface area contributed by atoms with Gasteiger partial charge >= 0.3 is 0 Å². The van der Waals surface area contributed by atoms with E-state index in [1.807, 2.05) is 4.90 Å². The van der Waals surface area contributed by atoms with Crippen molar-refractivity contribution in [1.82, 2.24) is 14.8 Å². The molecule has 0 radical (unpaired) electrons. The maximum atomic E-state index is 12.6. The second-order valence-corrected chi connectivity index (χ2v) is 7.47. The highest BCUT2D eigenvalue weighted by Crippen LogP contribution is 2.23. The molecule has 1 aliphatic heterocycles. The van der Waals surface area contributed by atoms with Gasteiger partial charge in [-0.05, 0) is 37.1 Å². The minimum absolute atomic E-state index is 0.0639. The third-order valence-electron chi connectivity index (χ3n) is 5.28. The summed E-state index contributed by atoms with van der Waals surface area (Å²) in [6.07, 6.45) is 4.74. The molecule has 3 N–H and O–H groups in total. The molecular weight excluding hydrogens is 414 g/mol. The molecule has 0 aliphatic carbocycles. The molecule has 32 heavy (non-hydrogen) atoms. The van der Waals surface area contributed by atoms with Crippen molar-refractivity contribution in [2.45, 2.75) is 12.8 Å². The van der Waals surface area contributed by atoms with Crippen LogP contribution in [0.4, 0.5) is 17.2 Å². The molecule has 1 unspecified atom stereocenters. The number of pyridine rings is 1. The summed E-state index contributed by atoms with van der Waals surface area (Å²) in [6, 6.07) is 11.0. The van der Waals surface area contributed by atoms with Crippen LogP contribution in [0.2, 0.25) is 0 Å². The fourth-order valence-corrected chi connectivity index (χ4v) is 3.60. The lowest BCUT2D eigenvalue weighted by Crippen LogP contribution is -2.41. The number of anilines is 2. The van der Waals surface area contributed by atoms with E-state index in [0.29, 0.717) is 23.7 Å². The lowest BCUT2D eigenvalue weighted by Gasteiger charge is -2.32. The molecule has 1 atom stereocenters. The number of hydrogen-bond donors (Lipinski definition) is 2. The zero-order valence-electron chi connectivity index (χ0n) is 17.0. The maximum Gasteiger partial charge on any atom is 0.276 e. The first kappa shape index (κ1) is 21.0. The van der Waals surface area contributed by atoms with Gasteiger partial charge in [-0.2, -0.15) is 5.10 Å². The van der Waals surface area contributed by atoms with Crippen molar-refractivity contribution in [3.63, 3.8) is 0 Å². The molecule has 3 heterocycles. The second-order valence-electron chi connectivity index (χ2n) is 7.47. The van der Waals surface area contributed by atoms with E-state index < -0.39 is 10.8 Å². The summed E-state index contributed by atoms with van der Waals surface area (Å²) in [5.74, 6) is -0.214. The van der Waals surface area contributed by atoms with Crippen molar-refractivity contribution in [1.29, 1.82) is 0 Å². The Morgan fingerprint density at radius 2 is 2.06 bits per heavy atom. The first-order valence-electron chi connectivity index (χ1n) is 10.0. The second kappa shape index (κ2) is 8.84. The summed E-state index contributed by atoms with van der Waals surface area (Å²) in [5, 5.41) is 17.9. The largest absolute Gasteiger partial charge is 0.369 e. The number of nitrogens with zero attached hydrogens (tertiary/aromatic N) is 5. The van der Waals surface area contributed by atoms with E-state index in [2.05, 4.69) is 15.4 Å². The van der Waals surface area contributed by atoms with Crippen LogP contribution in [0.15, 0.2) is 54.9 Å². The average Bonchev–Trinajstić information content (AvgIpc) is 3.30. The van der Waals surface area contributed by atoms with Gasteiger partial charge in [0.1, 0.15) is 5.82 Å². The number of rotatable bonds is 6. The molecule has 11 heteroatoms. The van der Waals surface area contributed by atoms with E-state index in [4.69, 9.17) is 5.73 Å². The highest BCUT2D eigenvalue weighted by Gasteiger charge is 2.24. The number of hydrogen-bond acceptors (Lipinski definition) is 7. The Balaban J connectivity index is 1.42. The SMILES string of the molecule is NC(=O)C1CCCN(c2ccc(NC(=O)c3ccn(-c4cccc([N+](=O)[O-])c4)n3)cn2)C1. The zero-order valence-corrected chi connectivity index (χ0v) is 17.0. The van der Waals surface area contributed by atoms with Crippen LogP contribution in [-0.4, -0.2) is 44.6 Å². The van der Waals surface area contributed by atoms with Crippen LogP contribution in [0.25, 0.3) is 5.69 Å². The van der Waals surface area contributed by atoms with Crippen LogP contribution >= 0.6 is 0 Å². The smallest absolute Gasteiger partial charge is 0.276 e. The van der Waals surface area contributed by atoms with Gasteiger partial charge in [-0.3, -0.25) is 19.7 Å². The molecule has 2 amide bonds. The number of nitro benzene ring substituents is 1. The average molecular weight is 435 g/mol. The number of non-ortho nitro benzene ring substituents is 1. The number of benzene rings is 1. The number of piperidine rings is 1. The summed E-state index contributed by atoms with van der Waals surface area (Å²) in [5.41, 5.74) is 6.48. The van der Waals surface area contributed by atoms with Crippen molar-refractivity contribution >= 4 is 29.0 Å². The van der Waals surface area contributed by atoms with Crippen molar-refractivity contribution in [3.05, 3.63) is 70.7 Å². The van der Waals surface area contributed by atoms with Crippen molar-refractivity contribution in [3.8, 4) is 5.69 Å². The third kappa shape index (κ3) is 4.56. The van der Waals surface area contributed by atoms with E-state index in [9.17, 15) is 19.7 Å². The normalized spacial score (nSPS) is 15.9. The molecule has 0 saturated carbocycles. The molecule has 3 aromatic rings. The van der Waals surface area contributed by atoms with Crippen LogP contribution in [0, 0.1) is 16.0 Å². The molecule has 11 nitrogen and oxygen atoms in total. The van der Waals surface area contributed by atoms with Gasteiger partial charge in [-0.15, -0.1) is 0 Å². The molecular formula is C21H21N7O4. The van der Waals surface area contributed by atoms with Crippen LogP contribution < -0.4 is 16.0 Å². The zero-order chi connectivity index (χ0) is 22.7. The summed E-state index contributed by atoms with van der Waals surface area (Å²) in [7, 11) is 0. The molecule has 0 spiro atoms. The van der Waals surface area contributed by atoms with Crippen molar-refractivity contribution < 1.29 is 14.5 Å². The van der Waals surface area contributed by atoms with Gasteiger partial charge in [0, 0.05) is 31.4 Å². The number of carbonyl (C=O) groups excluding carboxylic acids is 2. The van der Waals surface area contributed by atoms with Gasteiger partial charge in [-0.1, -0.05) is 6.07 Å². The first-order chi connectivity index (χ1) is 15.4. The molecule has 0 bridgehead atoms. The van der Waals surface area contributed by atoms with E-state index in [1.165, 1.54) is 22.9 Å². The van der Waals surface area contributed by atoms with Gasteiger partial charge in [0.2, 0.25) is 5.91 Å². The summed E-state index contributed by atoms with van der Waals surface area (Å²) < 4.78 is 1.40. The quantitative estimate of drug-likeness (QED) is 0.445. The first-order valence-corrected chi connectivity index (χ1v) is 10.0. The standard InChI is InChI=1S/C21H21N7O4/c22-20(29)14-3-2-9-26(13-14)19-7-6-15(12-23-19)24-21(30)18-8-10-27(25-18)16-4-1-5-17(11-16)28(31)32/h1,4-8,10-12,14H,2-3,9,13H2,(H2,22,29)(H,24,30). The molecule has 1 fully saturated rings. The van der Waals surface area contributed by atoms with Crippen LogP contribution in [0.5, 0.6) is 0 Å². The Kier molecular flexibility index (Phi) is 5.79. The monoisotopic (exact) mass is 435 g/mol. The summed E-state index contributed by atoms with van der Waals surface area (Å²) >= 11 is 0. The lowest BCUT2D eigenvalue weighted by atomic mass is 9.97. The van der Waals surface area contributed by atoms with Crippen LogP contribution in [0.3, 0.4) is 0 Å². The Hall–Kier alpha value is -4.28. The van der Waals surface area contributed by atoms with Crippen LogP contribution in [0.1, 0.15) is 23.3 Å². The van der Waals surface area contributed by atoms with Gasteiger partial charge in [0.15, 0.2) is 5.69 Å². The lowest BCUT2D eigenvalue weighted by molar-refractivity contribution is -0.384. The van der Waals surface area contributed by atoms with E-state index in [0.717, 1.165) is 19.4 Å². The number of amides is 2. The highest BCUT2D eigenvalue weighted by molar-refractivity contribution is 6.02. The Labute approximate surface area is 183 Å². The number of primary amides is 1. The van der Waals surface area contributed by atoms with E-state index >= 15 is 0 Å². The fraction of sp³-hybridized carbons (Fsp3) is 0.238. The number of nitrogens with two attached hydrogens (primary N) is 1. The van der Waals surface area contributed by atoms with Crippen molar-refractivity contribution in [2.75, 3.05) is 23.3 Å². The van der Waals surface area contributed by atoms with E-state index in [-0.39, 0.29) is 23.2 Å². The Bertz CT molecular complexity index is 1160. The molecule has 1 aliphatic rings. The fourth-order valence-electron chi connectivity index (χ4n) is 3.60. The van der Waals surface area contributed by atoms with Crippen LogP contribution in [-0.2, 0) is 4.79 Å². The Morgan fingerprint density at radius 3 is 2.78 bits per heavy atom. The highest BCUT2D eigenvalue weighted by atomic mass is 16.6. The number of nitrogens with one attached hydrogen (secondary N) is 1. The minimum Gasteiger partial charge on any atom is -0.369 e. The minimum atomic E-state index is -0.491. The number of nitro groups is 1. The molecule has 2 aromatic heterocycles. The molecule has 1 aromatic carbocycles. The predicted octanol–water partition coefficient (Wildman–Crippen LogP) is 2.13. The molecule has 1 saturated heterocycles. The maximum absolute atomic E-state index is 12.6. The Morgan fingerprint density at radius 1 is 1.22 bits per heavy atom. The van der Waals surface area contributed by atoms with Gasteiger partial charge in [-0.25, -0.2) is 9.67 Å². The van der Waals surface area contributed by atoms with E-state index in [1.54, 1.807) is 36.7 Å². The molecule has 4 rings (SSSR count). The topological polar surface area (TPSA) is 149 Å². The number of carbonyl (C=O) groups is 2. The summed E-state index contributed by atoms with van der Waals surface area (Å²) in [4.78, 5) is 40.9.